The van der Waals surface area contributed by atoms with Crippen molar-refractivity contribution in [2.75, 3.05) is 6.61 Å². The summed E-state index contributed by atoms with van der Waals surface area (Å²) in [6.07, 6.45) is 4.13. The van der Waals surface area contributed by atoms with Gasteiger partial charge in [0.1, 0.15) is 10.8 Å². The van der Waals surface area contributed by atoms with E-state index in [1.807, 2.05) is 0 Å². The minimum atomic E-state index is -0.772. The van der Waals surface area contributed by atoms with Crippen LogP contribution in [-0.4, -0.2) is 35.5 Å². The highest BCUT2D eigenvalue weighted by atomic mass is 32.1. The van der Waals surface area contributed by atoms with Crippen LogP contribution in [0.1, 0.15) is 43.1 Å². The molecule has 2 aromatic rings. The van der Waals surface area contributed by atoms with Crippen LogP contribution in [0.5, 0.6) is 0 Å². The van der Waals surface area contributed by atoms with Crippen LogP contribution in [0.15, 0.2) is 29.6 Å². The SMILES string of the molecule is C[C@H]1CCCC[C@@H]1NC(=O)NC(=O)COC(=O)c1csc(-c2ccc(F)cc2)n1. The quantitative estimate of drug-likeness (QED) is 0.723. The molecule has 0 bridgehead atoms. The first-order valence-electron chi connectivity index (χ1n) is 9.41. The van der Waals surface area contributed by atoms with E-state index in [1.165, 1.54) is 28.8 Å². The molecule has 1 aromatic carbocycles. The number of benzene rings is 1. The minimum Gasteiger partial charge on any atom is -0.451 e. The van der Waals surface area contributed by atoms with Crippen molar-refractivity contribution in [2.45, 2.75) is 38.6 Å². The number of carbonyl (C=O) groups is 3. The van der Waals surface area contributed by atoms with Gasteiger partial charge in [-0.25, -0.2) is 19.0 Å². The van der Waals surface area contributed by atoms with Crippen molar-refractivity contribution in [1.29, 1.82) is 0 Å². The molecule has 1 fully saturated rings. The molecule has 1 aliphatic carbocycles. The number of hydrogen-bond acceptors (Lipinski definition) is 6. The van der Waals surface area contributed by atoms with Crippen LogP contribution in [0.3, 0.4) is 0 Å². The third-order valence-electron chi connectivity index (χ3n) is 4.82. The van der Waals surface area contributed by atoms with E-state index >= 15 is 0 Å². The number of ether oxygens (including phenoxy) is 1. The Morgan fingerprint density at radius 2 is 1.93 bits per heavy atom. The molecule has 0 unspecified atom stereocenters. The van der Waals surface area contributed by atoms with Gasteiger partial charge in [0.15, 0.2) is 12.3 Å². The molecule has 1 aliphatic rings. The monoisotopic (exact) mass is 419 g/mol. The summed E-state index contributed by atoms with van der Waals surface area (Å²) in [7, 11) is 0. The number of nitrogens with one attached hydrogen (secondary N) is 2. The standard InChI is InChI=1S/C20H22FN3O4S/c1-12-4-2-3-5-15(12)23-20(27)24-17(25)10-28-19(26)16-11-29-18(22-16)13-6-8-14(21)9-7-13/h6-9,11-12,15H,2-5,10H2,1H3,(H2,23,24,25,27)/t12-,15-/m0/s1. The van der Waals surface area contributed by atoms with Gasteiger partial charge in [-0.15, -0.1) is 11.3 Å². The lowest BCUT2D eigenvalue weighted by atomic mass is 9.86. The third-order valence-corrected chi connectivity index (χ3v) is 5.71. The second-order valence-electron chi connectivity index (χ2n) is 7.01. The van der Waals surface area contributed by atoms with Crippen LogP contribution in [0.4, 0.5) is 9.18 Å². The van der Waals surface area contributed by atoms with Gasteiger partial charge in [-0.05, 0) is 43.0 Å². The van der Waals surface area contributed by atoms with Crippen LogP contribution < -0.4 is 10.6 Å². The summed E-state index contributed by atoms with van der Waals surface area (Å²) in [6, 6.07) is 5.18. The normalized spacial score (nSPS) is 18.7. The van der Waals surface area contributed by atoms with Crippen molar-refractivity contribution in [2.24, 2.45) is 5.92 Å². The summed E-state index contributed by atoms with van der Waals surface area (Å²) in [5.41, 5.74) is 0.712. The molecule has 0 spiro atoms. The molecule has 7 nitrogen and oxygen atoms in total. The number of thiazole rings is 1. The third kappa shape index (κ3) is 5.83. The summed E-state index contributed by atoms with van der Waals surface area (Å²) < 4.78 is 17.9. The van der Waals surface area contributed by atoms with Crippen LogP contribution in [0.25, 0.3) is 10.6 Å². The molecule has 0 radical (unpaired) electrons. The maximum absolute atomic E-state index is 13.0. The lowest BCUT2D eigenvalue weighted by Gasteiger charge is -2.29. The van der Waals surface area contributed by atoms with Crippen molar-refractivity contribution in [3.8, 4) is 10.6 Å². The van der Waals surface area contributed by atoms with E-state index in [0.717, 1.165) is 25.7 Å². The van der Waals surface area contributed by atoms with Crippen LogP contribution >= 0.6 is 11.3 Å². The fraction of sp³-hybridized carbons (Fsp3) is 0.400. The van der Waals surface area contributed by atoms with E-state index in [4.69, 9.17) is 4.74 Å². The van der Waals surface area contributed by atoms with Crippen molar-refractivity contribution in [3.05, 3.63) is 41.2 Å². The lowest BCUT2D eigenvalue weighted by molar-refractivity contribution is -0.123. The van der Waals surface area contributed by atoms with Gasteiger partial charge in [-0.3, -0.25) is 10.1 Å². The van der Waals surface area contributed by atoms with E-state index in [-0.39, 0.29) is 17.6 Å². The molecule has 3 amide bonds. The molecule has 0 aliphatic heterocycles. The van der Waals surface area contributed by atoms with Crippen LogP contribution in [0, 0.1) is 11.7 Å². The molecule has 3 rings (SSSR count). The Morgan fingerprint density at radius 3 is 2.66 bits per heavy atom. The number of aromatic nitrogens is 1. The Morgan fingerprint density at radius 1 is 1.21 bits per heavy atom. The smallest absolute Gasteiger partial charge is 0.358 e. The Labute approximate surface area is 171 Å². The predicted octanol–water partition coefficient (Wildman–Crippen LogP) is 3.51. The maximum Gasteiger partial charge on any atom is 0.358 e. The van der Waals surface area contributed by atoms with Crippen molar-refractivity contribution in [3.63, 3.8) is 0 Å². The number of nitrogens with zero attached hydrogens (tertiary/aromatic N) is 1. The number of esters is 1. The average molecular weight is 419 g/mol. The van der Waals surface area contributed by atoms with Gasteiger partial charge in [0.2, 0.25) is 0 Å². The van der Waals surface area contributed by atoms with Crippen LogP contribution in [0.2, 0.25) is 0 Å². The zero-order chi connectivity index (χ0) is 20.8. The number of amides is 3. The first-order valence-corrected chi connectivity index (χ1v) is 10.3. The Hall–Kier alpha value is -2.81. The predicted molar refractivity (Wildman–Crippen MR) is 106 cm³/mol. The Kier molecular flexibility index (Phi) is 6.92. The van der Waals surface area contributed by atoms with Gasteiger partial charge in [-0.2, -0.15) is 0 Å². The molecular formula is C20H22FN3O4S. The first-order chi connectivity index (χ1) is 13.9. The molecule has 2 N–H and O–H groups in total. The highest BCUT2D eigenvalue weighted by Crippen LogP contribution is 2.24. The molecule has 1 heterocycles. The molecular weight excluding hydrogens is 397 g/mol. The molecule has 29 heavy (non-hydrogen) atoms. The van der Waals surface area contributed by atoms with Crippen molar-refractivity contribution < 1.29 is 23.5 Å². The largest absolute Gasteiger partial charge is 0.451 e. The summed E-state index contributed by atoms with van der Waals surface area (Å²) in [4.78, 5) is 40.0. The maximum atomic E-state index is 13.0. The van der Waals surface area contributed by atoms with Gasteiger partial charge < -0.3 is 10.1 Å². The lowest BCUT2D eigenvalue weighted by Crippen LogP contribution is -2.48. The topological polar surface area (TPSA) is 97.4 Å². The highest BCUT2D eigenvalue weighted by Gasteiger charge is 2.23. The highest BCUT2D eigenvalue weighted by molar-refractivity contribution is 7.13. The Balaban J connectivity index is 1.45. The van der Waals surface area contributed by atoms with Gasteiger partial charge >= 0.3 is 12.0 Å². The second kappa shape index (κ2) is 9.60. The molecule has 1 saturated carbocycles. The van der Waals surface area contributed by atoms with E-state index in [1.54, 1.807) is 12.1 Å². The number of carbonyl (C=O) groups excluding carboxylic acids is 3. The molecule has 1 aromatic heterocycles. The summed E-state index contributed by atoms with van der Waals surface area (Å²) >= 11 is 1.20. The first kappa shape index (κ1) is 20.9. The van der Waals surface area contributed by atoms with Gasteiger partial charge in [0, 0.05) is 17.0 Å². The molecule has 2 atom stereocenters. The van der Waals surface area contributed by atoms with E-state index in [0.29, 0.717) is 16.5 Å². The minimum absolute atomic E-state index is 0.0407. The van der Waals surface area contributed by atoms with Crippen LogP contribution in [-0.2, 0) is 9.53 Å². The van der Waals surface area contributed by atoms with Gasteiger partial charge in [-0.1, -0.05) is 19.8 Å². The average Bonchev–Trinajstić information content (AvgIpc) is 3.19. The van der Waals surface area contributed by atoms with E-state index in [9.17, 15) is 18.8 Å². The van der Waals surface area contributed by atoms with Gasteiger partial charge in [0.05, 0.1) is 0 Å². The number of rotatable bonds is 5. The number of imide groups is 1. The van der Waals surface area contributed by atoms with Crippen molar-refractivity contribution in [1.82, 2.24) is 15.6 Å². The number of hydrogen-bond donors (Lipinski definition) is 2. The summed E-state index contributed by atoms with van der Waals surface area (Å²) in [6.45, 7) is 1.48. The van der Waals surface area contributed by atoms with E-state index < -0.39 is 24.5 Å². The van der Waals surface area contributed by atoms with E-state index in [2.05, 4.69) is 22.5 Å². The fourth-order valence-corrected chi connectivity index (χ4v) is 3.99. The fourth-order valence-electron chi connectivity index (χ4n) is 3.20. The Bertz CT molecular complexity index is 884. The zero-order valence-corrected chi connectivity index (χ0v) is 16.8. The summed E-state index contributed by atoms with van der Waals surface area (Å²) in [5.74, 6) is -1.49. The molecule has 154 valence electrons. The second-order valence-corrected chi connectivity index (χ2v) is 7.87. The number of urea groups is 1. The summed E-state index contributed by atoms with van der Waals surface area (Å²) in [5, 5.41) is 6.99. The van der Waals surface area contributed by atoms with Gasteiger partial charge in [0.25, 0.3) is 5.91 Å². The van der Waals surface area contributed by atoms with Crippen molar-refractivity contribution >= 4 is 29.2 Å². The zero-order valence-electron chi connectivity index (χ0n) is 15.9. The molecule has 0 saturated heterocycles. The molecule has 9 heteroatoms. The number of halogens is 1.